The number of aromatic nitrogens is 3. The molecule has 2 unspecified atom stereocenters. The van der Waals surface area contributed by atoms with E-state index in [1.54, 1.807) is 6.07 Å². The maximum Gasteiger partial charge on any atom is 0.349 e. The van der Waals surface area contributed by atoms with Crippen LogP contribution in [0.4, 0.5) is 0 Å². The normalized spacial score (nSPS) is 21.7. The smallest absolute Gasteiger partial charge is 0.349 e. The second kappa shape index (κ2) is 12.5. The van der Waals surface area contributed by atoms with Crippen LogP contribution in [0.1, 0.15) is 65.6 Å². The van der Waals surface area contributed by atoms with Crippen molar-refractivity contribution in [3.8, 4) is 10.4 Å². The van der Waals surface area contributed by atoms with Crippen LogP contribution < -0.4 is 0 Å². The molecule has 4 aromatic rings. The number of hydrogen-bond donors (Lipinski definition) is 1. The lowest BCUT2D eigenvalue weighted by Crippen LogP contribution is -2.43. The Labute approximate surface area is 265 Å². The molecule has 3 aromatic heterocycles. The molecular weight excluding hydrogens is 593 g/mol. The summed E-state index contributed by atoms with van der Waals surface area (Å²) in [4.78, 5) is 29.8. The van der Waals surface area contributed by atoms with Crippen molar-refractivity contribution in [1.29, 1.82) is 0 Å². The second-order valence-electron chi connectivity index (χ2n) is 12.0. The maximum absolute atomic E-state index is 13.7. The highest BCUT2D eigenvalue weighted by Crippen LogP contribution is 2.47. The van der Waals surface area contributed by atoms with E-state index < -0.39 is 11.6 Å². The molecule has 4 heterocycles. The van der Waals surface area contributed by atoms with Crippen molar-refractivity contribution < 1.29 is 19.4 Å². The molecular formula is C34H36N4O4S2. The summed E-state index contributed by atoms with van der Waals surface area (Å²) in [6, 6.07) is 17.4. The minimum absolute atomic E-state index is 0.237. The molecule has 1 saturated carbocycles. The number of aryl methyl sites for hydroxylation is 1. The molecule has 1 aliphatic heterocycles. The van der Waals surface area contributed by atoms with E-state index in [0.29, 0.717) is 21.6 Å². The van der Waals surface area contributed by atoms with Crippen LogP contribution in [0.15, 0.2) is 65.6 Å². The number of piperidine rings is 1. The zero-order valence-corrected chi connectivity index (χ0v) is 26.1. The molecule has 3 aliphatic rings. The van der Waals surface area contributed by atoms with Crippen LogP contribution in [0.3, 0.4) is 0 Å². The number of ether oxygens (including phenoxy) is 1. The number of fused-ring (bicyclic) bond motifs is 3. The van der Waals surface area contributed by atoms with E-state index >= 15 is 0 Å². The van der Waals surface area contributed by atoms with Gasteiger partial charge in [-0.3, -0.25) is 4.79 Å². The number of benzene rings is 1. The van der Waals surface area contributed by atoms with E-state index in [-0.39, 0.29) is 6.10 Å². The SMILES string of the molecule is O=CC1=Cc2nnn(CCCN3CCC(OC(=O)[C@](O)(c4cccs4)c4ccc(-c5ccccc5)s4)CC3)c2C2CCCC12. The highest BCUT2D eigenvalue weighted by Gasteiger charge is 2.45. The maximum atomic E-state index is 13.7. The number of allylic oxidation sites excluding steroid dienone is 1. The molecule has 7 rings (SSSR count). The van der Waals surface area contributed by atoms with E-state index in [2.05, 4.69) is 19.9 Å². The summed E-state index contributed by atoms with van der Waals surface area (Å²) >= 11 is 2.78. The molecule has 0 spiro atoms. The third-order valence-electron chi connectivity index (χ3n) is 9.38. The van der Waals surface area contributed by atoms with Crippen molar-refractivity contribution in [1.82, 2.24) is 19.9 Å². The summed E-state index contributed by atoms with van der Waals surface area (Å²) in [6.07, 6.45) is 8.39. The van der Waals surface area contributed by atoms with Gasteiger partial charge in [0.2, 0.25) is 5.60 Å². The highest BCUT2D eigenvalue weighted by atomic mass is 32.1. The van der Waals surface area contributed by atoms with Crippen LogP contribution >= 0.6 is 22.7 Å². The number of nitrogens with zero attached hydrogens (tertiary/aromatic N) is 4. The first-order chi connectivity index (χ1) is 21.5. The second-order valence-corrected chi connectivity index (χ2v) is 14.0. The first-order valence-electron chi connectivity index (χ1n) is 15.5. The number of carbonyl (C=O) groups excluding carboxylic acids is 2. The molecule has 2 fully saturated rings. The number of hydrogen-bond acceptors (Lipinski definition) is 9. The third-order valence-corrected chi connectivity index (χ3v) is 11.6. The fraction of sp³-hybridized carbons (Fsp3) is 0.412. The number of carbonyl (C=O) groups is 2. The average Bonchev–Trinajstić information content (AvgIpc) is 3.88. The Bertz CT molecular complexity index is 1640. The van der Waals surface area contributed by atoms with Crippen LogP contribution in [0.25, 0.3) is 16.5 Å². The van der Waals surface area contributed by atoms with Crippen LogP contribution in [0.2, 0.25) is 0 Å². The molecule has 10 heteroatoms. The monoisotopic (exact) mass is 628 g/mol. The average molecular weight is 629 g/mol. The molecule has 2 aliphatic carbocycles. The van der Waals surface area contributed by atoms with E-state index in [0.717, 1.165) is 92.7 Å². The zero-order chi connectivity index (χ0) is 30.1. The summed E-state index contributed by atoms with van der Waals surface area (Å²) in [7, 11) is 0. The molecule has 0 amide bonds. The Hall–Kier alpha value is -3.44. The largest absolute Gasteiger partial charge is 0.460 e. The van der Waals surface area contributed by atoms with Gasteiger partial charge in [-0.15, -0.1) is 27.8 Å². The summed E-state index contributed by atoms with van der Waals surface area (Å²) in [5.41, 5.74) is 2.15. The van der Waals surface area contributed by atoms with Gasteiger partial charge in [0.1, 0.15) is 18.1 Å². The van der Waals surface area contributed by atoms with Gasteiger partial charge in [0.15, 0.2) is 0 Å². The molecule has 1 N–H and O–H groups in total. The summed E-state index contributed by atoms with van der Waals surface area (Å²) in [6.45, 7) is 3.38. The van der Waals surface area contributed by atoms with Gasteiger partial charge in [-0.25, -0.2) is 9.48 Å². The fourth-order valence-electron chi connectivity index (χ4n) is 7.08. The predicted octanol–water partition coefficient (Wildman–Crippen LogP) is 5.88. The lowest BCUT2D eigenvalue weighted by molar-refractivity contribution is -0.169. The Morgan fingerprint density at radius 1 is 1.00 bits per heavy atom. The van der Waals surface area contributed by atoms with Gasteiger partial charge in [-0.1, -0.05) is 48.0 Å². The summed E-state index contributed by atoms with van der Waals surface area (Å²) < 4.78 is 8.09. The minimum Gasteiger partial charge on any atom is -0.460 e. The van der Waals surface area contributed by atoms with Crippen molar-refractivity contribution in [2.75, 3.05) is 19.6 Å². The summed E-state index contributed by atoms with van der Waals surface area (Å²) in [5, 5.41) is 22.6. The third kappa shape index (κ3) is 5.49. The van der Waals surface area contributed by atoms with Gasteiger partial charge in [0.25, 0.3) is 0 Å². The van der Waals surface area contributed by atoms with Crippen LogP contribution in [-0.4, -0.2) is 63.0 Å². The molecule has 0 radical (unpaired) electrons. The molecule has 3 atom stereocenters. The standard InChI is InChI=1S/C34H36N4O4S2/c39-22-24-21-28-32(27-10-4-9-26(24)27)38(36-35-28)17-6-16-37-18-14-25(15-19-37)42-33(40)34(41,30-11-5-20-43-30)31-13-12-29(44-31)23-7-2-1-3-8-23/h1-3,5,7-8,11-13,20-22,25-27,41H,4,6,9-10,14-19H2/t26?,27?,34-/m0/s1. The molecule has 8 nitrogen and oxygen atoms in total. The van der Waals surface area contributed by atoms with Crippen LogP contribution in [0.5, 0.6) is 0 Å². The number of aldehydes is 1. The summed E-state index contributed by atoms with van der Waals surface area (Å²) in [5.74, 6) is 0.0533. The van der Waals surface area contributed by atoms with E-state index in [1.807, 2.05) is 60.0 Å². The van der Waals surface area contributed by atoms with Gasteiger partial charge in [-0.05, 0) is 85.4 Å². The van der Waals surface area contributed by atoms with E-state index in [4.69, 9.17) is 4.74 Å². The Balaban J connectivity index is 0.952. The number of thiophene rings is 2. The van der Waals surface area contributed by atoms with Crippen LogP contribution in [0, 0.1) is 5.92 Å². The van der Waals surface area contributed by atoms with E-state index in [1.165, 1.54) is 28.4 Å². The first-order valence-corrected chi connectivity index (χ1v) is 17.2. The Morgan fingerprint density at radius 2 is 1.82 bits per heavy atom. The van der Waals surface area contributed by atoms with Gasteiger partial charge in [0, 0.05) is 30.4 Å². The molecule has 1 saturated heterocycles. The van der Waals surface area contributed by atoms with Crippen molar-refractivity contribution >= 4 is 41.0 Å². The van der Waals surface area contributed by atoms with Crippen molar-refractivity contribution in [2.24, 2.45) is 5.92 Å². The predicted molar refractivity (Wildman–Crippen MR) is 171 cm³/mol. The van der Waals surface area contributed by atoms with Crippen molar-refractivity contribution in [3.05, 3.63) is 86.7 Å². The lowest BCUT2D eigenvalue weighted by Gasteiger charge is -2.33. The van der Waals surface area contributed by atoms with E-state index in [9.17, 15) is 14.7 Å². The lowest BCUT2D eigenvalue weighted by atomic mass is 9.81. The topological polar surface area (TPSA) is 97.5 Å². The number of rotatable bonds is 10. The zero-order valence-electron chi connectivity index (χ0n) is 24.5. The Morgan fingerprint density at radius 3 is 2.59 bits per heavy atom. The number of esters is 1. The first kappa shape index (κ1) is 29.3. The quantitative estimate of drug-likeness (QED) is 0.173. The van der Waals surface area contributed by atoms with Crippen molar-refractivity contribution in [2.45, 2.75) is 62.7 Å². The van der Waals surface area contributed by atoms with Crippen LogP contribution in [-0.2, 0) is 26.5 Å². The molecule has 1 aromatic carbocycles. The minimum atomic E-state index is -1.83. The molecule has 228 valence electrons. The van der Waals surface area contributed by atoms with Gasteiger partial charge >= 0.3 is 5.97 Å². The van der Waals surface area contributed by atoms with Crippen molar-refractivity contribution in [3.63, 3.8) is 0 Å². The number of aliphatic hydroxyl groups is 1. The van der Waals surface area contributed by atoms with Gasteiger partial charge in [0.05, 0.1) is 15.4 Å². The van der Waals surface area contributed by atoms with Gasteiger partial charge in [-0.2, -0.15) is 0 Å². The molecule has 0 bridgehead atoms. The van der Waals surface area contributed by atoms with Gasteiger partial charge < -0.3 is 14.7 Å². The highest BCUT2D eigenvalue weighted by molar-refractivity contribution is 7.16. The fourth-order valence-corrected chi connectivity index (χ4v) is 9.08. The Kier molecular flexibility index (Phi) is 8.33. The number of likely N-dealkylation sites (tertiary alicyclic amines) is 1. The molecule has 44 heavy (non-hydrogen) atoms.